The zero-order chi connectivity index (χ0) is 15.0. The summed E-state index contributed by atoms with van der Waals surface area (Å²) in [6.07, 6.45) is 3.26. The Balaban J connectivity index is 2.60. The third kappa shape index (κ3) is 4.80. The van der Waals surface area contributed by atoms with E-state index >= 15 is 0 Å². The monoisotopic (exact) mass is 299 g/mol. The van der Waals surface area contributed by atoms with Crippen molar-refractivity contribution in [2.75, 3.05) is 26.9 Å². The minimum absolute atomic E-state index is 0.0248. The van der Waals surface area contributed by atoms with E-state index in [1.807, 2.05) is 19.5 Å². The molecule has 7 heteroatoms. The van der Waals surface area contributed by atoms with Gasteiger partial charge in [0.2, 0.25) is 5.91 Å². The summed E-state index contributed by atoms with van der Waals surface area (Å²) < 4.78 is 15.5. The number of carbonyl (C=O) groups excluding carboxylic acids is 2. The number of methoxy groups -OCH3 is 1. The highest BCUT2D eigenvalue weighted by Crippen LogP contribution is 2.16. The van der Waals surface area contributed by atoms with Crippen LogP contribution in [0, 0.1) is 0 Å². The number of hydrogen-bond acceptors (Lipinski definition) is 5. The van der Waals surface area contributed by atoms with Crippen molar-refractivity contribution in [2.24, 2.45) is 0 Å². The van der Waals surface area contributed by atoms with E-state index in [0.717, 1.165) is 12.5 Å². The minimum Gasteiger partial charge on any atom is -0.524 e. The van der Waals surface area contributed by atoms with Crippen molar-refractivity contribution >= 4 is 26.4 Å². The standard InChI is InChI=1S/C13H21NO5Si/c1-4-18-20(19-5-2)10-11-8-9-14(11)12(15)6-7-13(16)17-3/h6-7,10-11H,4-5,8-9H2,1-3H3/b7-6-. The van der Waals surface area contributed by atoms with Crippen LogP contribution in [0.4, 0.5) is 0 Å². The summed E-state index contributed by atoms with van der Waals surface area (Å²) in [5.74, 6) is -0.731. The molecular weight excluding hydrogens is 278 g/mol. The minimum atomic E-state index is -1.44. The van der Waals surface area contributed by atoms with Gasteiger partial charge in [-0.15, -0.1) is 0 Å². The molecule has 0 aliphatic carbocycles. The van der Waals surface area contributed by atoms with Crippen LogP contribution in [0.2, 0.25) is 0 Å². The van der Waals surface area contributed by atoms with Gasteiger partial charge in [0, 0.05) is 18.7 Å². The molecule has 1 heterocycles. The third-order valence-corrected chi connectivity index (χ3v) is 4.62. The van der Waals surface area contributed by atoms with E-state index in [4.69, 9.17) is 8.85 Å². The summed E-state index contributed by atoms with van der Waals surface area (Å²) in [7, 11) is -0.168. The van der Waals surface area contributed by atoms with E-state index in [1.54, 1.807) is 4.90 Å². The average Bonchev–Trinajstić information content (AvgIpc) is 2.41. The Labute approximate surface area is 120 Å². The lowest BCUT2D eigenvalue weighted by Crippen LogP contribution is -2.52. The van der Waals surface area contributed by atoms with E-state index in [2.05, 4.69) is 4.74 Å². The Morgan fingerprint density at radius 3 is 2.35 bits per heavy atom. The van der Waals surface area contributed by atoms with Gasteiger partial charge in [-0.3, -0.25) is 4.79 Å². The number of nitrogens with zero attached hydrogens (tertiary/aromatic N) is 1. The molecule has 0 spiro atoms. The zero-order valence-electron chi connectivity index (χ0n) is 12.1. The van der Waals surface area contributed by atoms with Crippen LogP contribution >= 0.6 is 0 Å². The maximum Gasteiger partial charge on any atom is 0.477 e. The van der Waals surface area contributed by atoms with Crippen molar-refractivity contribution in [3.05, 3.63) is 12.2 Å². The largest absolute Gasteiger partial charge is 0.524 e. The molecule has 1 aliphatic rings. The fourth-order valence-corrected chi connectivity index (χ4v) is 3.24. The van der Waals surface area contributed by atoms with Gasteiger partial charge in [0.05, 0.1) is 26.4 Å². The molecule has 1 unspecified atom stereocenters. The number of esters is 1. The molecule has 0 aromatic heterocycles. The van der Waals surface area contributed by atoms with Gasteiger partial charge in [-0.2, -0.15) is 0 Å². The lowest BCUT2D eigenvalue weighted by molar-refractivity contribution is -0.136. The molecule has 1 aliphatic heterocycles. The number of carbonyl (C=O) groups is 2. The van der Waals surface area contributed by atoms with E-state index in [9.17, 15) is 9.59 Å². The van der Waals surface area contributed by atoms with E-state index in [0.29, 0.717) is 19.8 Å². The van der Waals surface area contributed by atoms with Gasteiger partial charge >= 0.3 is 14.9 Å². The maximum absolute atomic E-state index is 11.9. The predicted molar refractivity (Wildman–Crippen MR) is 76.3 cm³/mol. The van der Waals surface area contributed by atoms with E-state index in [1.165, 1.54) is 13.2 Å². The van der Waals surface area contributed by atoms with E-state index in [-0.39, 0.29) is 11.9 Å². The van der Waals surface area contributed by atoms with Crippen molar-refractivity contribution in [1.29, 1.82) is 0 Å². The second-order valence-corrected chi connectivity index (χ2v) is 5.64. The summed E-state index contributed by atoms with van der Waals surface area (Å²) in [6.45, 7) is 5.70. The first-order valence-electron chi connectivity index (χ1n) is 6.66. The molecule has 1 atom stereocenters. The summed E-state index contributed by atoms with van der Waals surface area (Å²) >= 11 is 0. The number of hydrogen-bond donors (Lipinski definition) is 0. The molecule has 0 bridgehead atoms. The van der Waals surface area contributed by atoms with Gasteiger partial charge in [0.1, 0.15) is 0 Å². The fraction of sp³-hybridized carbons (Fsp3) is 0.615. The number of rotatable bonds is 7. The lowest BCUT2D eigenvalue weighted by Gasteiger charge is -2.38. The average molecular weight is 299 g/mol. The molecule has 20 heavy (non-hydrogen) atoms. The molecule has 0 radical (unpaired) electrons. The Hall–Kier alpha value is -1.63. The number of amides is 1. The van der Waals surface area contributed by atoms with Gasteiger partial charge in [0.25, 0.3) is 0 Å². The van der Waals surface area contributed by atoms with Crippen LogP contribution in [0.15, 0.2) is 12.2 Å². The lowest BCUT2D eigenvalue weighted by atomic mass is 10.1. The molecule has 1 saturated heterocycles. The predicted octanol–water partition coefficient (Wildman–Crippen LogP) is 0.262. The second kappa shape index (κ2) is 8.52. The Morgan fingerprint density at radius 2 is 1.90 bits per heavy atom. The van der Waals surface area contributed by atoms with Crippen LogP contribution in [-0.2, 0) is 23.2 Å². The maximum atomic E-state index is 11.9. The fourth-order valence-electron chi connectivity index (χ4n) is 1.74. The number of ether oxygens (including phenoxy) is 1. The van der Waals surface area contributed by atoms with Crippen LogP contribution in [-0.4, -0.2) is 64.3 Å². The Kier molecular flexibility index (Phi) is 7.00. The highest BCUT2D eigenvalue weighted by molar-refractivity contribution is 6.55. The van der Waals surface area contributed by atoms with Crippen molar-refractivity contribution < 1.29 is 23.2 Å². The van der Waals surface area contributed by atoms with Gasteiger partial charge in [-0.05, 0) is 25.9 Å². The molecule has 0 saturated carbocycles. The SMILES string of the molecule is CCO[Si](=CC1CCN1C(=O)/C=C\C(=O)OC)OCC. The van der Waals surface area contributed by atoms with Crippen LogP contribution in [0.1, 0.15) is 20.3 Å². The first-order chi connectivity index (χ1) is 9.62. The molecule has 6 nitrogen and oxygen atoms in total. The van der Waals surface area contributed by atoms with Crippen LogP contribution < -0.4 is 0 Å². The first-order valence-corrected chi connectivity index (χ1v) is 8.05. The van der Waals surface area contributed by atoms with Crippen molar-refractivity contribution in [2.45, 2.75) is 26.3 Å². The molecule has 1 amide bonds. The van der Waals surface area contributed by atoms with Gasteiger partial charge in [-0.25, -0.2) is 4.79 Å². The summed E-state index contributed by atoms with van der Waals surface area (Å²) in [4.78, 5) is 24.5. The molecule has 0 aromatic carbocycles. The highest BCUT2D eigenvalue weighted by atomic mass is 28.3. The smallest absolute Gasteiger partial charge is 0.477 e. The normalized spacial score (nSPS) is 17.4. The van der Waals surface area contributed by atoms with Gasteiger partial charge < -0.3 is 18.5 Å². The molecule has 0 aromatic rings. The third-order valence-electron chi connectivity index (χ3n) is 2.81. The quantitative estimate of drug-likeness (QED) is 0.383. The summed E-state index contributed by atoms with van der Waals surface area (Å²) in [5.41, 5.74) is 1.98. The van der Waals surface area contributed by atoms with Gasteiger partial charge in [-0.1, -0.05) is 0 Å². The van der Waals surface area contributed by atoms with Crippen molar-refractivity contribution in [3.8, 4) is 0 Å². The summed E-state index contributed by atoms with van der Waals surface area (Å²) in [5, 5.41) is 0. The second-order valence-electron chi connectivity index (χ2n) is 4.10. The number of likely N-dealkylation sites (tertiary alicyclic amines) is 1. The topological polar surface area (TPSA) is 65.1 Å². The van der Waals surface area contributed by atoms with Crippen LogP contribution in [0.25, 0.3) is 0 Å². The highest BCUT2D eigenvalue weighted by Gasteiger charge is 2.30. The van der Waals surface area contributed by atoms with E-state index < -0.39 is 14.9 Å². The zero-order valence-corrected chi connectivity index (χ0v) is 13.1. The first kappa shape index (κ1) is 16.4. The Bertz CT molecular complexity index is 400. The van der Waals surface area contributed by atoms with Gasteiger partial charge in [0.15, 0.2) is 0 Å². The molecule has 1 fully saturated rings. The molecule has 112 valence electrons. The van der Waals surface area contributed by atoms with Crippen LogP contribution in [0.3, 0.4) is 0 Å². The molecule has 0 N–H and O–H groups in total. The van der Waals surface area contributed by atoms with Crippen LogP contribution in [0.5, 0.6) is 0 Å². The molecular formula is C13H21NO5Si. The Morgan fingerprint density at radius 1 is 1.25 bits per heavy atom. The van der Waals surface area contributed by atoms with Crippen molar-refractivity contribution in [1.82, 2.24) is 4.90 Å². The van der Waals surface area contributed by atoms with Crippen molar-refractivity contribution in [3.63, 3.8) is 0 Å². The summed E-state index contributed by atoms with van der Waals surface area (Å²) in [6, 6.07) is 0.0248. The molecule has 1 rings (SSSR count).